The monoisotopic (exact) mass is 435 g/mol. The fourth-order valence-electron chi connectivity index (χ4n) is 4.20. The van der Waals surface area contributed by atoms with Crippen LogP contribution in [0.4, 0.5) is 0 Å². The fourth-order valence-corrected chi connectivity index (χ4v) is 4.40. The van der Waals surface area contributed by atoms with E-state index in [1.54, 1.807) is 7.11 Å². The third-order valence-electron chi connectivity index (χ3n) is 5.60. The van der Waals surface area contributed by atoms with E-state index in [1.807, 2.05) is 19.9 Å². The normalized spacial score (nSPS) is 19.8. The Morgan fingerprint density at radius 2 is 1.80 bits per heavy atom. The summed E-state index contributed by atoms with van der Waals surface area (Å²) in [4.78, 5) is 0. The van der Waals surface area contributed by atoms with Gasteiger partial charge < -0.3 is 9.47 Å². The molecule has 2 aromatic rings. The number of halogens is 1. The van der Waals surface area contributed by atoms with Crippen molar-refractivity contribution in [2.75, 3.05) is 13.7 Å². The maximum absolute atomic E-state index is 6.24. The lowest BCUT2D eigenvalue weighted by molar-refractivity contribution is -0.0538. The summed E-state index contributed by atoms with van der Waals surface area (Å²) in [6, 6.07) is 6.12. The molecule has 1 aromatic carbocycles. The number of aromatic nitrogens is 3. The highest BCUT2D eigenvalue weighted by Crippen LogP contribution is 2.36. The number of ether oxygens (including phenoxy) is 2. The molecule has 0 radical (unpaired) electrons. The van der Waals surface area contributed by atoms with E-state index in [4.69, 9.17) is 21.1 Å². The molecule has 1 aliphatic rings. The molecule has 5 nitrogen and oxygen atoms in total. The van der Waals surface area contributed by atoms with Crippen molar-refractivity contribution in [3.63, 3.8) is 0 Å². The Morgan fingerprint density at radius 1 is 1.10 bits per heavy atom. The van der Waals surface area contributed by atoms with Crippen molar-refractivity contribution in [3.8, 4) is 5.69 Å². The molecule has 1 saturated carbocycles. The zero-order valence-corrected chi connectivity index (χ0v) is 20.2. The van der Waals surface area contributed by atoms with Crippen LogP contribution >= 0.6 is 11.6 Å². The molecule has 1 aromatic heterocycles. The van der Waals surface area contributed by atoms with Crippen LogP contribution in [0.3, 0.4) is 0 Å². The molecule has 1 heterocycles. The molecule has 30 heavy (non-hydrogen) atoms. The fraction of sp³-hybridized carbons (Fsp3) is 0.667. The van der Waals surface area contributed by atoms with Crippen LogP contribution in [0.2, 0.25) is 5.02 Å². The highest BCUT2D eigenvalue weighted by molar-refractivity contribution is 6.30. The molecule has 0 unspecified atom stereocenters. The summed E-state index contributed by atoms with van der Waals surface area (Å²) < 4.78 is 13.6. The summed E-state index contributed by atoms with van der Waals surface area (Å²) >= 11 is 6.24. The van der Waals surface area contributed by atoms with Gasteiger partial charge in [0.2, 0.25) is 0 Å². The Morgan fingerprint density at radius 3 is 2.40 bits per heavy atom. The molecule has 1 aliphatic carbocycles. The van der Waals surface area contributed by atoms with Crippen molar-refractivity contribution < 1.29 is 9.47 Å². The second-order valence-electron chi connectivity index (χ2n) is 7.67. The predicted octanol–water partition coefficient (Wildman–Crippen LogP) is 6.15. The van der Waals surface area contributed by atoms with Gasteiger partial charge in [-0.2, -0.15) is 0 Å². The first-order valence-corrected chi connectivity index (χ1v) is 11.8. The molecule has 0 spiro atoms. The summed E-state index contributed by atoms with van der Waals surface area (Å²) in [7, 11) is 1.72. The van der Waals surface area contributed by atoms with Gasteiger partial charge in [0, 0.05) is 24.5 Å². The second-order valence-corrected chi connectivity index (χ2v) is 8.10. The van der Waals surface area contributed by atoms with E-state index >= 15 is 0 Å². The Labute approximate surface area is 187 Å². The lowest BCUT2D eigenvalue weighted by Gasteiger charge is -2.30. The Kier molecular flexibility index (Phi) is 10.3. The second kappa shape index (κ2) is 12.4. The van der Waals surface area contributed by atoms with E-state index in [1.165, 1.54) is 5.56 Å². The van der Waals surface area contributed by atoms with Gasteiger partial charge in [0.15, 0.2) is 0 Å². The van der Waals surface area contributed by atoms with Gasteiger partial charge in [0.1, 0.15) is 11.6 Å². The summed E-state index contributed by atoms with van der Waals surface area (Å²) in [6.45, 7) is 11.0. The number of hydrogen-bond acceptors (Lipinski definition) is 4. The molecule has 0 aliphatic heterocycles. The largest absolute Gasteiger partial charge is 0.382 e. The summed E-state index contributed by atoms with van der Waals surface area (Å²) in [6.07, 6.45) is 6.47. The topological polar surface area (TPSA) is 49.2 Å². The smallest absolute Gasteiger partial charge is 0.140 e. The van der Waals surface area contributed by atoms with Gasteiger partial charge in [-0.3, -0.25) is 4.57 Å². The van der Waals surface area contributed by atoms with Crippen LogP contribution in [-0.2, 0) is 22.3 Å². The number of benzene rings is 1. The van der Waals surface area contributed by atoms with E-state index in [9.17, 15) is 0 Å². The van der Waals surface area contributed by atoms with E-state index in [0.717, 1.165) is 60.9 Å². The zero-order valence-electron chi connectivity index (χ0n) is 19.4. The standard InChI is InChI=1S/C22H32ClN3O2.C2H6/c1-5-16-13-18(23)9-12-20(16)26-21(6-2)24-25-22(26)17-7-10-19(11-8-17)28-15(3)14-27-4;1-2/h9,12-13,15,17,19H,5-8,10-11,14H2,1-4H3;1-2H3/t15-,17?,19?;/m1./s1. The van der Waals surface area contributed by atoms with Crippen LogP contribution in [0.15, 0.2) is 18.2 Å². The van der Waals surface area contributed by atoms with Gasteiger partial charge in [0.05, 0.1) is 24.5 Å². The van der Waals surface area contributed by atoms with E-state index in [2.05, 4.69) is 47.7 Å². The molecule has 168 valence electrons. The maximum atomic E-state index is 6.24. The summed E-state index contributed by atoms with van der Waals surface area (Å²) in [5.41, 5.74) is 2.39. The van der Waals surface area contributed by atoms with Crippen LogP contribution in [-0.4, -0.2) is 40.7 Å². The van der Waals surface area contributed by atoms with Crippen molar-refractivity contribution in [3.05, 3.63) is 40.4 Å². The van der Waals surface area contributed by atoms with E-state index in [0.29, 0.717) is 18.6 Å². The quantitative estimate of drug-likeness (QED) is 0.499. The highest BCUT2D eigenvalue weighted by atomic mass is 35.5. The van der Waals surface area contributed by atoms with Crippen molar-refractivity contribution >= 4 is 11.6 Å². The maximum Gasteiger partial charge on any atom is 0.140 e. The Hall–Kier alpha value is -1.43. The molecule has 0 bridgehead atoms. The molecular formula is C24H38ClN3O2. The van der Waals surface area contributed by atoms with Crippen LogP contribution in [0.25, 0.3) is 5.69 Å². The first-order chi connectivity index (χ1) is 14.6. The lowest BCUT2D eigenvalue weighted by atomic mass is 9.86. The SMILES string of the molecule is CC.CCc1cc(Cl)ccc1-n1c(CC)nnc1C1CCC(O[C@H](C)COC)CC1. The van der Waals surface area contributed by atoms with E-state index < -0.39 is 0 Å². The third-order valence-corrected chi connectivity index (χ3v) is 5.84. The number of nitrogens with zero attached hydrogens (tertiary/aromatic N) is 3. The van der Waals surface area contributed by atoms with Crippen molar-refractivity contribution in [2.45, 2.75) is 91.3 Å². The van der Waals surface area contributed by atoms with Gasteiger partial charge in [-0.1, -0.05) is 39.3 Å². The first kappa shape index (κ1) is 24.8. The van der Waals surface area contributed by atoms with Crippen molar-refractivity contribution in [1.29, 1.82) is 0 Å². The first-order valence-electron chi connectivity index (χ1n) is 11.4. The van der Waals surface area contributed by atoms with Crippen molar-refractivity contribution in [2.24, 2.45) is 0 Å². The predicted molar refractivity (Wildman–Crippen MR) is 124 cm³/mol. The van der Waals surface area contributed by atoms with Gasteiger partial charge in [0.25, 0.3) is 0 Å². The minimum atomic E-state index is 0.142. The van der Waals surface area contributed by atoms with Gasteiger partial charge in [-0.05, 0) is 62.8 Å². The Bertz CT molecular complexity index is 770. The van der Waals surface area contributed by atoms with Gasteiger partial charge in [-0.25, -0.2) is 0 Å². The molecule has 0 N–H and O–H groups in total. The molecule has 6 heteroatoms. The Balaban J connectivity index is 0.00000155. The van der Waals surface area contributed by atoms with Crippen LogP contribution in [0, 0.1) is 0 Å². The minimum absolute atomic E-state index is 0.142. The van der Waals surface area contributed by atoms with Crippen molar-refractivity contribution in [1.82, 2.24) is 14.8 Å². The lowest BCUT2D eigenvalue weighted by Crippen LogP contribution is -2.28. The highest BCUT2D eigenvalue weighted by Gasteiger charge is 2.29. The molecule has 1 fully saturated rings. The minimum Gasteiger partial charge on any atom is -0.382 e. The zero-order chi connectivity index (χ0) is 22.1. The molecule has 3 rings (SSSR count). The number of hydrogen-bond donors (Lipinski definition) is 0. The summed E-state index contributed by atoms with van der Waals surface area (Å²) in [5, 5.41) is 9.90. The van der Waals surface area contributed by atoms with Crippen LogP contribution in [0.5, 0.6) is 0 Å². The molecular weight excluding hydrogens is 398 g/mol. The summed E-state index contributed by atoms with van der Waals surface area (Å²) in [5.74, 6) is 2.50. The molecule has 0 amide bonds. The number of aryl methyl sites for hydroxylation is 2. The average Bonchev–Trinajstić information content (AvgIpc) is 3.19. The van der Waals surface area contributed by atoms with Crippen LogP contribution in [0.1, 0.15) is 83.4 Å². The van der Waals surface area contributed by atoms with E-state index in [-0.39, 0.29) is 6.10 Å². The number of rotatable bonds is 8. The van der Waals surface area contributed by atoms with Gasteiger partial charge >= 0.3 is 0 Å². The molecule has 0 saturated heterocycles. The van der Waals surface area contributed by atoms with Crippen LogP contribution < -0.4 is 0 Å². The third kappa shape index (κ3) is 6.05. The van der Waals surface area contributed by atoms with Gasteiger partial charge in [-0.15, -0.1) is 10.2 Å². The number of methoxy groups -OCH3 is 1. The molecule has 1 atom stereocenters. The average molecular weight is 436 g/mol.